The summed E-state index contributed by atoms with van der Waals surface area (Å²) < 4.78 is 0. The van der Waals surface area contributed by atoms with E-state index in [4.69, 9.17) is 5.11 Å². The van der Waals surface area contributed by atoms with Crippen LogP contribution < -0.4 is 0 Å². The first-order valence-corrected chi connectivity index (χ1v) is 3.26. The zero-order valence-electron chi connectivity index (χ0n) is 5.88. The molecule has 0 fully saturated rings. The van der Waals surface area contributed by atoms with Crippen LogP contribution in [0.2, 0.25) is 0 Å². The first-order valence-electron chi connectivity index (χ1n) is 3.26. The smallest absolute Gasteiger partial charge is 0.0572 e. The molecule has 0 heterocycles. The average molecular weight is 126 g/mol. The highest BCUT2D eigenvalue weighted by Crippen LogP contribution is 1.96. The maximum absolute atomic E-state index is 9.00. The molecule has 0 rings (SSSR count). The van der Waals surface area contributed by atoms with Crippen LogP contribution in [0.4, 0.5) is 0 Å². The lowest BCUT2D eigenvalue weighted by atomic mass is 10.2. The SMILES string of the molecule is C=CC=CCC(O)CC. The third-order valence-electron chi connectivity index (χ3n) is 1.15. The Morgan fingerprint density at radius 2 is 2.33 bits per heavy atom. The highest BCUT2D eigenvalue weighted by atomic mass is 16.3. The van der Waals surface area contributed by atoms with Crippen LogP contribution in [0.25, 0.3) is 0 Å². The van der Waals surface area contributed by atoms with Gasteiger partial charge >= 0.3 is 0 Å². The fraction of sp³-hybridized carbons (Fsp3) is 0.500. The molecule has 0 saturated carbocycles. The highest BCUT2D eigenvalue weighted by molar-refractivity contribution is 4.97. The maximum atomic E-state index is 9.00. The van der Waals surface area contributed by atoms with E-state index in [0.29, 0.717) is 0 Å². The van der Waals surface area contributed by atoms with Gasteiger partial charge in [-0.1, -0.05) is 31.7 Å². The third-order valence-corrected chi connectivity index (χ3v) is 1.15. The van der Waals surface area contributed by atoms with Gasteiger partial charge in [0.05, 0.1) is 6.10 Å². The van der Waals surface area contributed by atoms with Gasteiger partial charge < -0.3 is 5.11 Å². The first kappa shape index (κ1) is 8.44. The standard InChI is InChI=1S/C8H14O/c1-3-5-6-7-8(9)4-2/h3,5-6,8-9H,1,4,7H2,2H3. The summed E-state index contributed by atoms with van der Waals surface area (Å²) in [6.07, 6.45) is 6.85. The Labute approximate surface area is 56.7 Å². The van der Waals surface area contributed by atoms with Gasteiger partial charge in [0, 0.05) is 0 Å². The van der Waals surface area contributed by atoms with E-state index in [9.17, 15) is 0 Å². The highest BCUT2D eigenvalue weighted by Gasteiger charge is 1.93. The second kappa shape index (κ2) is 5.57. The normalized spacial score (nSPS) is 14.0. The fourth-order valence-corrected chi connectivity index (χ4v) is 0.499. The van der Waals surface area contributed by atoms with E-state index >= 15 is 0 Å². The molecule has 0 bridgehead atoms. The Balaban J connectivity index is 3.25. The second-order valence-electron chi connectivity index (χ2n) is 1.96. The molecular weight excluding hydrogens is 112 g/mol. The molecule has 0 spiro atoms. The van der Waals surface area contributed by atoms with Gasteiger partial charge in [0.1, 0.15) is 0 Å². The molecule has 0 amide bonds. The Bertz CT molecular complexity index is 94.7. The summed E-state index contributed by atoms with van der Waals surface area (Å²) >= 11 is 0. The second-order valence-corrected chi connectivity index (χ2v) is 1.96. The van der Waals surface area contributed by atoms with Crippen LogP contribution in [0.1, 0.15) is 19.8 Å². The molecule has 0 aromatic carbocycles. The molecule has 9 heavy (non-hydrogen) atoms. The largest absolute Gasteiger partial charge is 0.393 e. The number of hydrogen-bond donors (Lipinski definition) is 1. The molecule has 0 saturated heterocycles. The number of hydrogen-bond acceptors (Lipinski definition) is 1. The molecule has 0 radical (unpaired) electrons. The monoisotopic (exact) mass is 126 g/mol. The van der Waals surface area contributed by atoms with Crippen molar-refractivity contribution in [2.75, 3.05) is 0 Å². The van der Waals surface area contributed by atoms with E-state index in [1.165, 1.54) is 0 Å². The van der Waals surface area contributed by atoms with Crippen molar-refractivity contribution < 1.29 is 5.11 Å². The van der Waals surface area contributed by atoms with E-state index < -0.39 is 0 Å². The van der Waals surface area contributed by atoms with E-state index in [2.05, 4.69) is 6.58 Å². The van der Waals surface area contributed by atoms with E-state index in [0.717, 1.165) is 12.8 Å². The van der Waals surface area contributed by atoms with Gasteiger partial charge in [-0.25, -0.2) is 0 Å². The van der Waals surface area contributed by atoms with Gasteiger partial charge in [-0.15, -0.1) is 0 Å². The van der Waals surface area contributed by atoms with Crippen LogP contribution >= 0.6 is 0 Å². The molecule has 52 valence electrons. The van der Waals surface area contributed by atoms with Crippen molar-refractivity contribution in [3.63, 3.8) is 0 Å². The minimum atomic E-state index is -0.179. The van der Waals surface area contributed by atoms with Crippen molar-refractivity contribution in [1.82, 2.24) is 0 Å². The molecule has 1 nitrogen and oxygen atoms in total. The lowest BCUT2D eigenvalue weighted by molar-refractivity contribution is 0.174. The number of aliphatic hydroxyl groups excluding tert-OH is 1. The summed E-state index contributed by atoms with van der Waals surface area (Å²) in [5.74, 6) is 0. The topological polar surface area (TPSA) is 20.2 Å². The van der Waals surface area contributed by atoms with Crippen molar-refractivity contribution in [2.24, 2.45) is 0 Å². The maximum Gasteiger partial charge on any atom is 0.0572 e. The van der Waals surface area contributed by atoms with Crippen molar-refractivity contribution in [3.05, 3.63) is 24.8 Å². The molecular formula is C8H14O. The molecule has 1 atom stereocenters. The summed E-state index contributed by atoms with van der Waals surface area (Å²) in [4.78, 5) is 0. The van der Waals surface area contributed by atoms with Crippen LogP contribution in [-0.2, 0) is 0 Å². The zero-order valence-corrected chi connectivity index (χ0v) is 5.88. The number of rotatable bonds is 4. The third kappa shape index (κ3) is 5.31. The van der Waals surface area contributed by atoms with Crippen molar-refractivity contribution in [1.29, 1.82) is 0 Å². The number of allylic oxidation sites excluding steroid dienone is 2. The van der Waals surface area contributed by atoms with Crippen LogP contribution in [0.15, 0.2) is 24.8 Å². The summed E-state index contributed by atoms with van der Waals surface area (Å²) in [5, 5.41) is 9.00. The lowest BCUT2D eigenvalue weighted by Crippen LogP contribution is -2.00. The van der Waals surface area contributed by atoms with Gasteiger partial charge in [0.25, 0.3) is 0 Å². The van der Waals surface area contributed by atoms with E-state index in [-0.39, 0.29) is 6.10 Å². The van der Waals surface area contributed by atoms with Gasteiger partial charge in [0.2, 0.25) is 0 Å². The Morgan fingerprint density at radius 1 is 1.67 bits per heavy atom. The predicted molar refractivity (Wildman–Crippen MR) is 40.3 cm³/mol. The van der Waals surface area contributed by atoms with Crippen LogP contribution in [0.5, 0.6) is 0 Å². The minimum absolute atomic E-state index is 0.179. The summed E-state index contributed by atoms with van der Waals surface area (Å²) in [7, 11) is 0. The molecule has 0 aliphatic rings. The molecule has 0 aliphatic heterocycles. The molecule has 1 N–H and O–H groups in total. The molecule has 0 aromatic rings. The Morgan fingerprint density at radius 3 is 2.78 bits per heavy atom. The van der Waals surface area contributed by atoms with E-state index in [1.54, 1.807) is 6.08 Å². The minimum Gasteiger partial charge on any atom is -0.393 e. The lowest BCUT2D eigenvalue weighted by Gasteiger charge is -2.00. The number of aliphatic hydroxyl groups is 1. The van der Waals surface area contributed by atoms with Crippen molar-refractivity contribution in [2.45, 2.75) is 25.9 Å². The van der Waals surface area contributed by atoms with Gasteiger partial charge in [-0.05, 0) is 12.8 Å². The molecule has 1 heteroatoms. The quantitative estimate of drug-likeness (QED) is 0.570. The van der Waals surface area contributed by atoms with Gasteiger partial charge in [0.15, 0.2) is 0 Å². The van der Waals surface area contributed by atoms with Crippen LogP contribution in [0.3, 0.4) is 0 Å². The van der Waals surface area contributed by atoms with Crippen LogP contribution in [0, 0.1) is 0 Å². The zero-order chi connectivity index (χ0) is 7.11. The molecule has 0 aliphatic carbocycles. The van der Waals surface area contributed by atoms with E-state index in [1.807, 2.05) is 19.1 Å². The predicted octanol–water partition coefficient (Wildman–Crippen LogP) is 1.89. The summed E-state index contributed by atoms with van der Waals surface area (Å²) in [5.41, 5.74) is 0. The summed E-state index contributed by atoms with van der Waals surface area (Å²) in [6, 6.07) is 0. The summed E-state index contributed by atoms with van der Waals surface area (Å²) in [6.45, 7) is 5.48. The molecule has 0 aromatic heterocycles. The fourth-order valence-electron chi connectivity index (χ4n) is 0.499. The van der Waals surface area contributed by atoms with Crippen molar-refractivity contribution >= 4 is 0 Å². The van der Waals surface area contributed by atoms with Crippen molar-refractivity contribution in [3.8, 4) is 0 Å². The van der Waals surface area contributed by atoms with Gasteiger partial charge in [-0.2, -0.15) is 0 Å². The Kier molecular flexibility index (Phi) is 5.23. The Hall–Kier alpha value is -0.560. The molecule has 1 unspecified atom stereocenters. The van der Waals surface area contributed by atoms with Crippen LogP contribution in [-0.4, -0.2) is 11.2 Å². The first-order chi connectivity index (χ1) is 4.31. The average Bonchev–Trinajstić information content (AvgIpc) is 1.89. The van der Waals surface area contributed by atoms with Gasteiger partial charge in [-0.3, -0.25) is 0 Å².